The zero-order chi connectivity index (χ0) is 19.9. The van der Waals surface area contributed by atoms with Gasteiger partial charge in [0.05, 0.1) is 11.3 Å². The van der Waals surface area contributed by atoms with E-state index in [4.69, 9.17) is 21.1 Å². The van der Waals surface area contributed by atoms with Gasteiger partial charge in [0.25, 0.3) is 5.91 Å². The largest absolute Gasteiger partial charge is 0.457 e. The van der Waals surface area contributed by atoms with Crippen LogP contribution in [0.5, 0.6) is 11.5 Å². The first-order valence-corrected chi connectivity index (χ1v) is 8.64. The van der Waals surface area contributed by atoms with Crippen LogP contribution < -0.4 is 10.1 Å². The molecule has 0 saturated heterocycles. The van der Waals surface area contributed by atoms with E-state index in [2.05, 4.69) is 5.32 Å². The fourth-order valence-electron chi connectivity index (χ4n) is 2.28. The van der Waals surface area contributed by atoms with Crippen molar-refractivity contribution in [1.82, 2.24) is 0 Å². The van der Waals surface area contributed by atoms with Gasteiger partial charge in [0, 0.05) is 5.02 Å². The highest BCUT2D eigenvalue weighted by Crippen LogP contribution is 2.22. The molecule has 0 aliphatic heterocycles. The van der Waals surface area contributed by atoms with Crippen LogP contribution in [0.3, 0.4) is 0 Å². The molecular weight excluding hydrogens is 385 g/mol. The van der Waals surface area contributed by atoms with Crippen LogP contribution in [-0.2, 0) is 9.53 Å². The Kier molecular flexibility index (Phi) is 6.24. The average molecular weight is 400 g/mol. The number of anilines is 1. The minimum atomic E-state index is -0.687. The van der Waals surface area contributed by atoms with Crippen molar-refractivity contribution >= 4 is 29.2 Å². The monoisotopic (exact) mass is 399 g/mol. The van der Waals surface area contributed by atoms with Crippen LogP contribution in [0, 0.1) is 5.82 Å². The second-order valence-corrected chi connectivity index (χ2v) is 6.12. The SMILES string of the molecule is O=C(COC(=O)c1ccc(Oc2ccccc2)cc1)Nc1cc(Cl)ccc1F. The van der Waals surface area contributed by atoms with Gasteiger partial charge in [-0.1, -0.05) is 29.8 Å². The summed E-state index contributed by atoms with van der Waals surface area (Å²) < 4.78 is 24.2. The molecule has 1 N–H and O–H groups in total. The number of carbonyl (C=O) groups excluding carboxylic acids is 2. The highest BCUT2D eigenvalue weighted by atomic mass is 35.5. The van der Waals surface area contributed by atoms with Gasteiger partial charge >= 0.3 is 5.97 Å². The lowest BCUT2D eigenvalue weighted by Gasteiger charge is -2.09. The van der Waals surface area contributed by atoms with Crippen LogP contribution in [-0.4, -0.2) is 18.5 Å². The molecular formula is C21H15ClFNO4. The molecule has 0 unspecified atom stereocenters. The molecule has 0 bridgehead atoms. The van der Waals surface area contributed by atoms with Crippen molar-refractivity contribution in [2.45, 2.75) is 0 Å². The van der Waals surface area contributed by atoms with E-state index < -0.39 is 24.3 Å². The third-order valence-electron chi connectivity index (χ3n) is 3.61. The molecule has 0 spiro atoms. The molecule has 0 saturated carbocycles. The first-order chi connectivity index (χ1) is 13.5. The fourth-order valence-corrected chi connectivity index (χ4v) is 2.45. The Morgan fingerprint density at radius 1 is 0.929 bits per heavy atom. The number of para-hydroxylation sites is 1. The summed E-state index contributed by atoms with van der Waals surface area (Å²) in [6.07, 6.45) is 0. The number of hydrogen-bond acceptors (Lipinski definition) is 4. The number of hydrogen-bond donors (Lipinski definition) is 1. The van der Waals surface area contributed by atoms with Crippen LogP contribution in [0.2, 0.25) is 5.02 Å². The number of esters is 1. The Morgan fingerprint density at radius 2 is 1.61 bits per heavy atom. The quantitative estimate of drug-likeness (QED) is 0.588. The molecule has 0 heterocycles. The van der Waals surface area contributed by atoms with Crippen LogP contribution >= 0.6 is 11.6 Å². The van der Waals surface area contributed by atoms with E-state index in [1.807, 2.05) is 30.3 Å². The van der Waals surface area contributed by atoms with Crippen molar-refractivity contribution in [3.63, 3.8) is 0 Å². The first kappa shape index (κ1) is 19.4. The third kappa shape index (κ3) is 5.31. The molecule has 3 rings (SSSR count). The molecule has 0 fully saturated rings. The summed E-state index contributed by atoms with van der Waals surface area (Å²) in [7, 11) is 0. The van der Waals surface area contributed by atoms with Gasteiger partial charge in [-0.05, 0) is 54.6 Å². The van der Waals surface area contributed by atoms with E-state index >= 15 is 0 Å². The summed E-state index contributed by atoms with van der Waals surface area (Å²) in [5, 5.41) is 2.57. The number of ether oxygens (including phenoxy) is 2. The molecule has 7 heteroatoms. The van der Waals surface area contributed by atoms with Gasteiger partial charge < -0.3 is 14.8 Å². The van der Waals surface area contributed by atoms with E-state index in [0.29, 0.717) is 11.5 Å². The normalized spacial score (nSPS) is 10.2. The highest BCUT2D eigenvalue weighted by Gasteiger charge is 2.12. The summed E-state index contributed by atoms with van der Waals surface area (Å²) in [6, 6.07) is 19.2. The molecule has 0 aliphatic carbocycles. The standard InChI is InChI=1S/C21H15ClFNO4/c22-15-8-11-18(23)19(12-15)24-20(25)13-27-21(26)14-6-9-17(10-7-14)28-16-4-2-1-3-5-16/h1-12H,13H2,(H,24,25). The number of nitrogens with one attached hydrogen (secondary N) is 1. The van der Waals surface area contributed by atoms with Crippen LogP contribution in [0.25, 0.3) is 0 Å². The molecule has 0 aromatic heterocycles. The number of benzene rings is 3. The average Bonchev–Trinajstić information content (AvgIpc) is 2.70. The van der Waals surface area contributed by atoms with E-state index in [1.54, 1.807) is 12.1 Å². The minimum absolute atomic E-state index is 0.0871. The van der Waals surface area contributed by atoms with Gasteiger partial charge in [0.2, 0.25) is 0 Å². The maximum absolute atomic E-state index is 13.6. The molecule has 0 atom stereocenters. The van der Waals surface area contributed by atoms with Gasteiger partial charge in [-0.15, -0.1) is 0 Å². The highest BCUT2D eigenvalue weighted by molar-refractivity contribution is 6.30. The molecule has 0 aliphatic rings. The van der Waals surface area contributed by atoms with Crippen molar-refractivity contribution in [1.29, 1.82) is 0 Å². The Labute approximate surface area is 165 Å². The van der Waals surface area contributed by atoms with Crippen molar-refractivity contribution in [2.24, 2.45) is 0 Å². The van der Waals surface area contributed by atoms with Crippen molar-refractivity contribution in [3.8, 4) is 11.5 Å². The van der Waals surface area contributed by atoms with Gasteiger partial charge in [0.1, 0.15) is 17.3 Å². The Morgan fingerprint density at radius 3 is 2.32 bits per heavy atom. The summed E-state index contributed by atoms with van der Waals surface area (Å²) in [5.41, 5.74) is 0.165. The summed E-state index contributed by atoms with van der Waals surface area (Å²) >= 11 is 5.76. The molecule has 3 aromatic carbocycles. The summed E-state index contributed by atoms with van der Waals surface area (Å²) in [5.74, 6) is -0.788. The van der Waals surface area contributed by atoms with Gasteiger partial charge in [-0.3, -0.25) is 4.79 Å². The van der Waals surface area contributed by atoms with Crippen LogP contribution in [0.1, 0.15) is 10.4 Å². The lowest BCUT2D eigenvalue weighted by atomic mass is 10.2. The second kappa shape index (κ2) is 9.01. The van der Waals surface area contributed by atoms with Crippen LogP contribution in [0.15, 0.2) is 72.8 Å². The van der Waals surface area contributed by atoms with Crippen molar-refractivity contribution < 1.29 is 23.5 Å². The van der Waals surface area contributed by atoms with E-state index in [1.165, 1.54) is 24.3 Å². The summed E-state index contributed by atoms with van der Waals surface area (Å²) in [4.78, 5) is 23.9. The Hall–Kier alpha value is -3.38. The lowest BCUT2D eigenvalue weighted by Crippen LogP contribution is -2.21. The molecule has 3 aromatic rings. The number of carbonyl (C=O) groups is 2. The van der Waals surface area contributed by atoms with E-state index in [0.717, 1.165) is 6.07 Å². The van der Waals surface area contributed by atoms with Gasteiger partial charge in [0.15, 0.2) is 6.61 Å². The molecule has 5 nitrogen and oxygen atoms in total. The molecule has 1 amide bonds. The van der Waals surface area contributed by atoms with Crippen molar-refractivity contribution in [3.05, 3.63) is 89.2 Å². The molecule has 28 heavy (non-hydrogen) atoms. The number of halogens is 2. The van der Waals surface area contributed by atoms with Crippen molar-refractivity contribution in [2.75, 3.05) is 11.9 Å². The maximum Gasteiger partial charge on any atom is 0.338 e. The maximum atomic E-state index is 13.6. The Bertz CT molecular complexity index is 977. The second-order valence-electron chi connectivity index (χ2n) is 5.69. The van der Waals surface area contributed by atoms with E-state index in [-0.39, 0.29) is 16.3 Å². The smallest absolute Gasteiger partial charge is 0.338 e. The third-order valence-corrected chi connectivity index (χ3v) is 3.84. The molecule has 142 valence electrons. The predicted octanol–water partition coefficient (Wildman–Crippen LogP) is 5.07. The predicted molar refractivity (Wildman–Crippen MR) is 103 cm³/mol. The number of amides is 1. The first-order valence-electron chi connectivity index (χ1n) is 8.26. The fraction of sp³-hybridized carbons (Fsp3) is 0.0476. The number of rotatable bonds is 6. The lowest BCUT2D eigenvalue weighted by molar-refractivity contribution is -0.119. The minimum Gasteiger partial charge on any atom is -0.457 e. The summed E-state index contributed by atoms with van der Waals surface area (Å²) in [6.45, 7) is -0.562. The zero-order valence-electron chi connectivity index (χ0n) is 14.5. The van der Waals surface area contributed by atoms with Gasteiger partial charge in [-0.2, -0.15) is 0 Å². The van der Waals surface area contributed by atoms with Gasteiger partial charge in [-0.25, -0.2) is 9.18 Å². The van der Waals surface area contributed by atoms with E-state index in [9.17, 15) is 14.0 Å². The molecule has 0 radical (unpaired) electrons. The Balaban J connectivity index is 1.53. The zero-order valence-corrected chi connectivity index (χ0v) is 15.3. The van der Waals surface area contributed by atoms with Crippen LogP contribution in [0.4, 0.5) is 10.1 Å². The topological polar surface area (TPSA) is 64.6 Å².